The van der Waals surface area contributed by atoms with Gasteiger partial charge in [-0.05, 0) is 12.1 Å². The Balaban J connectivity index is 2.01. The molecule has 3 aromatic rings. The summed E-state index contributed by atoms with van der Waals surface area (Å²) in [6, 6.07) is 21.3. The molecular formula is C17H13NO. The van der Waals surface area contributed by atoms with Gasteiger partial charge in [0.05, 0.1) is 11.2 Å². The number of aromatic nitrogens is 1. The standard InChI is InChI=1S/C17H13NO/c19-17(14-7-2-1-3-8-14)12-15-11-10-13-6-4-5-9-16(13)18-15/h1-12,19H/b17-12+. The van der Waals surface area contributed by atoms with Gasteiger partial charge in [0.25, 0.3) is 0 Å². The van der Waals surface area contributed by atoms with Crippen molar-refractivity contribution in [3.8, 4) is 0 Å². The average Bonchev–Trinajstić information content (AvgIpc) is 2.48. The lowest BCUT2D eigenvalue weighted by molar-refractivity contribution is 0.515. The minimum atomic E-state index is 0.225. The molecule has 2 nitrogen and oxygen atoms in total. The summed E-state index contributed by atoms with van der Waals surface area (Å²) in [5.41, 5.74) is 2.47. The summed E-state index contributed by atoms with van der Waals surface area (Å²) >= 11 is 0. The molecule has 1 N–H and O–H groups in total. The van der Waals surface area contributed by atoms with Gasteiger partial charge in [0.1, 0.15) is 5.76 Å². The summed E-state index contributed by atoms with van der Waals surface area (Å²) in [5, 5.41) is 11.2. The number of aliphatic hydroxyl groups is 1. The summed E-state index contributed by atoms with van der Waals surface area (Å²) in [6.45, 7) is 0. The maximum Gasteiger partial charge on any atom is 0.124 e. The van der Waals surface area contributed by atoms with Crippen LogP contribution in [0.4, 0.5) is 0 Å². The number of hydrogen-bond acceptors (Lipinski definition) is 2. The minimum absolute atomic E-state index is 0.225. The highest BCUT2D eigenvalue weighted by Gasteiger charge is 2.00. The van der Waals surface area contributed by atoms with E-state index in [1.54, 1.807) is 6.08 Å². The monoisotopic (exact) mass is 247 g/mol. The van der Waals surface area contributed by atoms with Crippen molar-refractivity contribution in [3.05, 3.63) is 78.0 Å². The average molecular weight is 247 g/mol. The SMILES string of the molecule is O/C(=C/c1ccc2ccccc2n1)c1ccccc1. The van der Waals surface area contributed by atoms with Crippen LogP contribution >= 0.6 is 0 Å². The van der Waals surface area contributed by atoms with Crippen LogP contribution in [0.3, 0.4) is 0 Å². The third kappa shape index (κ3) is 2.47. The van der Waals surface area contributed by atoms with Crippen molar-refractivity contribution in [2.75, 3.05) is 0 Å². The lowest BCUT2D eigenvalue weighted by Crippen LogP contribution is -1.86. The van der Waals surface area contributed by atoms with Gasteiger partial charge in [-0.25, -0.2) is 4.98 Å². The molecule has 0 unspecified atom stereocenters. The number of benzene rings is 2. The van der Waals surface area contributed by atoms with E-state index in [0.29, 0.717) is 0 Å². The fourth-order valence-corrected chi connectivity index (χ4v) is 1.99. The van der Waals surface area contributed by atoms with Crippen LogP contribution in [0.25, 0.3) is 22.7 Å². The van der Waals surface area contributed by atoms with Crippen molar-refractivity contribution < 1.29 is 5.11 Å². The molecule has 3 rings (SSSR count). The van der Waals surface area contributed by atoms with E-state index in [0.717, 1.165) is 22.2 Å². The molecule has 2 aromatic carbocycles. The molecule has 0 aliphatic heterocycles. The smallest absolute Gasteiger partial charge is 0.124 e. The molecular weight excluding hydrogens is 234 g/mol. The molecule has 0 aliphatic rings. The molecule has 0 saturated heterocycles. The fourth-order valence-electron chi connectivity index (χ4n) is 1.99. The van der Waals surface area contributed by atoms with Crippen LogP contribution < -0.4 is 0 Å². The molecule has 0 bridgehead atoms. The zero-order valence-corrected chi connectivity index (χ0v) is 10.3. The second-order valence-corrected chi connectivity index (χ2v) is 4.32. The summed E-state index contributed by atoms with van der Waals surface area (Å²) in [6.07, 6.45) is 1.68. The Morgan fingerprint density at radius 1 is 0.842 bits per heavy atom. The second kappa shape index (κ2) is 4.94. The lowest BCUT2D eigenvalue weighted by atomic mass is 10.1. The number of aliphatic hydroxyl groups excluding tert-OH is 1. The predicted octanol–water partition coefficient (Wildman–Crippen LogP) is 4.29. The number of nitrogens with zero attached hydrogens (tertiary/aromatic N) is 1. The van der Waals surface area contributed by atoms with Crippen molar-refractivity contribution in [2.45, 2.75) is 0 Å². The van der Waals surface area contributed by atoms with Crippen LogP contribution in [0, 0.1) is 0 Å². The first kappa shape index (κ1) is 11.5. The molecule has 0 fully saturated rings. The highest BCUT2D eigenvalue weighted by Crippen LogP contribution is 2.17. The second-order valence-electron chi connectivity index (χ2n) is 4.32. The van der Waals surface area contributed by atoms with Crippen molar-refractivity contribution in [3.63, 3.8) is 0 Å². The zero-order valence-electron chi connectivity index (χ0n) is 10.3. The maximum atomic E-state index is 10.1. The third-order valence-electron chi connectivity index (χ3n) is 2.97. The molecule has 92 valence electrons. The maximum absolute atomic E-state index is 10.1. The molecule has 2 heteroatoms. The van der Waals surface area contributed by atoms with Crippen LogP contribution in [0.5, 0.6) is 0 Å². The number of pyridine rings is 1. The van der Waals surface area contributed by atoms with E-state index < -0.39 is 0 Å². The van der Waals surface area contributed by atoms with Gasteiger partial charge >= 0.3 is 0 Å². The van der Waals surface area contributed by atoms with Crippen LogP contribution in [-0.4, -0.2) is 10.1 Å². The third-order valence-corrected chi connectivity index (χ3v) is 2.97. The molecule has 0 spiro atoms. The lowest BCUT2D eigenvalue weighted by Gasteiger charge is -2.01. The Bertz CT molecular complexity index is 732. The van der Waals surface area contributed by atoms with E-state index in [1.807, 2.05) is 66.7 Å². The number of hydrogen-bond donors (Lipinski definition) is 1. The Labute approximate surface area is 111 Å². The number of rotatable bonds is 2. The fraction of sp³-hybridized carbons (Fsp3) is 0. The summed E-state index contributed by atoms with van der Waals surface area (Å²) < 4.78 is 0. The van der Waals surface area contributed by atoms with Gasteiger partial charge in [-0.3, -0.25) is 0 Å². The van der Waals surface area contributed by atoms with Crippen LogP contribution in [0.2, 0.25) is 0 Å². The topological polar surface area (TPSA) is 33.1 Å². The van der Waals surface area contributed by atoms with Crippen molar-refractivity contribution in [1.29, 1.82) is 0 Å². The first-order valence-electron chi connectivity index (χ1n) is 6.15. The van der Waals surface area contributed by atoms with Gasteiger partial charge in [-0.2, -0.15) is 0 Å². The zero-order chi connectivity index (χ0) is 13.1. The van der Waals surface area contributed by atoms with Crippen LogP contribution in [0.15, 0.2) is 66.7 Å². The number of para-hydroxylation sites is 1. The molecule has 0 radical (unpaired) electrons. The Hall–Kier alpha value is -2.61. The molecule has 0 atom stereocenters. The van der Waals surface area contributed by atoms with Crippen molar-refractivity contribution in [1.82, 2.24) is 4.98 Å². The normalized spacial score (nSPS) is 11.7. The first-order chi connectivity index (χ1) is 9.33. The van der Waals surface area contributed by atoms with E-state index in [-0.39, 0.29) is 5.76 Å². The first-order valence-corrected chi connectivity index (χ1v) is 6.15. The van der Waals surface area contributed by atoms with Gasteiger partial charge in [0.2, 0.25) is 0 Å². The minimum Gasteiger partial charge on any atom is -0.507 e. The number of fused-ring (bicyclic) bond motifs is 1. The van der Waals surface area contributed by atoms with Gasteiger partial charge in [0.15, 0.2) is 0 Å². The quantitative estimate of drug-likeness (QED) is 0.685. The van der Waals surface area contributed by atoms with E-state index in [4.69, 9.17) is 0 Å². The van der Waals surface area contributed by atoms with Gasteiger partial charge in [-0.15, -0.1) is 0 Å². The van der Waals surface area contributed by atoms with E-state index in [9.17, 15) is 5.11 Å². The summed E-state index contributed by atoms with van der Waals surface area (Å²) in [5.74, 6) is 0.225. The summed E-state index contributed by atoms with van der Waals surface area (Å²) in [7, 11) is 0. The molecule has 0 saturated carbocycles. The Morgan fingerprint density at radius 2 is 1.58 bits per heavy atom. The van der Waals surface area contributed by atoms with Crippen molar-refractivity contribution in [2.24, 2.45) is 0 Å². The van der Waals surface area contributed by atoms with E-state index in [2.05, 4.69) is 4.98 Å². The summed E-state index contributed by atoms with van der Waals surface area (Å²) in [4.78, 5) is 4.50. The largest absolute Gasteiger partial charge is 0.507 e. The van der Waals surface area contributed by atoms with E-state index in [1.165, 1.54) is 0 Å². The Kier molecular flexibility index (Phi) is 2.99. The molecule has 0 aliphatic carbocycles. The molecule has 1 heterocycles. The molecule has 19 heavy (non-hydrogen) atoms. The predicted molar refractivity (Wildman–Crippen MR) is 78.7 cm³/mol. The Morgan fingerprint density at radius 3 is 2.42 bits per heavy atom. The van der Waals surface area contributed by atoms with Gasteiger partial charge in [-0.1, -0.05) is 54.6 Å². The van der Waals surface area contributed by atoms with Gasteiger partial charge in [0, 0.05) is 17.0 Å². The highest BCUT2D eigenvalue weighted by molar-refractivity contribution is 5.82. The van der Waals surface area contributed by atoms with Crippen molar-refractivity contribution >= 4 is 22.7 Å². The highest BCUT2D eigenvalue weighted by atomic mass is 16.3. The molecule has 1 aromatic heterocycles. The van der Waals surface area contributed by atoms with E-state index >= 15 is 0 Å². The van der Waals surface area contributed by atoms with Crippen LogP contribution in [0.1, 0.15) is 11.3 Å². The van der Waals surface area contributed by atoms with Crippen LogP contribution in [-0.2, 0) is 0 Å². The molecule has 0 amide bonds. The van der Waals surface area contributed by atoms with Gasteiger partial charge < -0.3 is 5.11 Å².